The number of amides is 1. The summed E-state index contributed by atoms with van der Waals surface area (Å²) in [6.45, 7) is 2.68. The van der Waals surface area contributed by atoms with Crippen LogP contribution in [0.25, 0.3) is 0 Å². The van der Waals surface area contributed by atoms with Crippen molar-refractivity contribution < 1.29 is 4.79 Å². The zero-order valence-corrected chi connectivity index (χ0v) is 14.0. The van der Waals surface area contributed by atoms with E-state index in [1.165, 1.54) is 22.4 Å². The second kappa shape index (κ2) is 6.68. The van der Waals surface area contributed by atoms with Gasteiger partial charge in [0.1, 0.15) is 0 Å². The van der Waals surface area contributed by atoms with Gasteiger partial charge in [-0.2, -0.15) is 0 Å². The van der Waals surface area contributed by atoms with Crippen molar-refractivity contribution in [2.45, 2.75) is 31.6 Å². The third kappa shape index (κ3) is 3.03. The Morgan fingerprint density at radius 2 is 1.83 bits per heavy atom. The van der Waals surface area contributed by atoms with Crippen LogP contribution in [0.15, 0.2) is 48.5 Å². The van der Waals surface area contributed by atoms with Gasteiger partial charge in [0.25, 0.3) is 0 Å². The predicted molar refractivity (Wildman–Crippen MR) is 97.5 cm³/mol. The van der Waals surface area contributed by atoms with Crippen molar-refractivity contribution in [1.82, 2.24) is 5.32 Å². The van der Waals surface area contributed by atoms with Crippen LogP contribution in [0.4, 0.5) is 5.69 Å². The van der Waals surface area contributed by atoms with Gasteiger partial charge in [-0.05, 0) is 47.9 Å². The van der Waals surface area contributed by atoms with Crippen molar-refractivity contribution in [2.75, 3.05) is 24.5 Å². The maximum absolute atomic E-state index is 12.3. The molecule has 0 aromatic heterocycles. The van der Waals surface area contributed by atoms with Gasteiger partial charge in [-0.3, -0.25) is 4.79 Å². The minimum atomic E-state index is 0.184. The summed E-state index contributed by atoms with van der Waals surface area (Å²) in [7, 11) is 0. The number of anilines is 1. The molecule has 1 atom stereocenters. The number of carbonyl (C=O) groups is 1. The van der Waals surface area contributed by atoms with Crippen molar-refractivity contribution in [3.63, 3.8) is 0 Å². The molecule has 124 valence electrons. The number of carbonyl (C=O) groups excluding carboxylic acids is 1. The van der Waals surface area contributed by atoms with E-state index in [2.05, 4.69) is 58.7 Å². The lowest BCUT2D eigenvalue weighted by Crippen LogP contribution is -2.34. The maximum Gasteiger partial charge on any atom is 0.220 e. The number of para-hydroxylation sites is 1. The van der Waals surface area contributed by atoms with E-state index in [1.54, 1.807) is 0 Å². The van der Waals surface area contributed by atoms with E-state index in [1.807, 2.05) is 0 Å². The van der Waals surface area contributed by atoms with E-state index in [4.69, 9.17) is 0 Å². The normalized spacial score (nSPS) is 18.3. The lowest BCUT2D eigenvalue weighted by atomic mass is 9.97. The maximum atomic E-state index is 12.3. The molecule has 0 radical (unpaired) electrons. The highest BCUT2D eigenvalue weighted by atomic mass is 16.1. The summed E-state index contributed by atoms with van der Waals surface area (Å²) < 4.78 is 0. The quantitative estimate of drug-likeness (QED) is 0.917. The summed E-state index contributed by atoms with van der Waals surface area (Å²) in [4.78, 5) is 14.7. The molecule has 24 heavy (non-hydrogen) atoms. The van der Waals surface area contributed by atoms with Crippen LogP contribution >= 0.6 is 0 Å². The van der Waals surface area contributed by atoms with Crippen LogP contribution in [0.5, 0.6) is 0 Å². The van der Waals surface area contributed by atoms with Gasteiger partial charge in [-0.25, -0.2) is 0 Å². The first-order chi connectivity index (χ1) is 11.8. The second-order valence-corrected chi connectivity index (χ2v) is 6.85. The Labute approximate surface area is 143 Å². The molecule has 1 N–H and O–H groups in total. The van der Waals surface area contributed by atoms with Crippen LogP contribution in [0.2, 0.25) is 0 Å². The van der Waals surface area contributed by atoms with Crippen LogP contribution in [0.1, 0.15) is 35.4 Å². The summed E-state index contributed by atoms with van der Waals surface area (Å²) in [5.74, 6) is 0.581. The molecule has 0 saturated carbocycles. The lowest BCUT2D eigenvalue weighted by molar-refractivity contribution is -0.121. The highest BCUT2D eigenvalue weighted by Gasteiger charge is 2.24. The van der Waals surface area contributed by atoms with Gasteiger partial charge in [0.15, 0.2) is 0 Å². The van der Waals surface area contributed by atoms with E-state index < -0.39 is 0 Å². The predicted octanol–water partition coefficient (Wildman–Crippen LogP) is 3.29. The average molecular weight is 320 g/mol. The number of benzene rings is 2. The number of nitrogens with one attached hydrogen (secondary N) is 1. The molecule has 4 rings (SSSR count). The Hall–Kier alpha value is -2.29. The molecule has 1 amide bonds. The van der Waals surface area contributed by atoms with E-state index >= 15 is 0 Å². The van der Waals surface area contributed by atoms with Crippen molar-refractivity contribution in [1.29, 1.82) is 0 Å². The summed E-state index contributed by atoms with van der Waals surface area (Å²) in [6.07, 6.45) is 3.95. The molecule has 2 aromatic carbocycles. The Kier molecular flexibility index (Phi) is 4.24. The zero-order valence-electron chi connectivity index (χ0n) is 14.0. The molecule has 3 heteroatoms. The SMILES string of the molecule is O=C(CC1CCc2ccccc21)NCCN1CCc2ccccc21. The van der Waals surface area contributed by atoms with Gasteiger partial charge in [0.05, 0.1) is 0 Å². The van der Waals surface area contributed by atoms with E-state index in [9.17, 15) is 4.79 Å². The second-order valence-electron chi connectivity index (χ2n) is 6.85. The van der Waals surface area contributed by atoms with Crippen molar-refractivity contribution in [2.24, 2.45) is 0 Å². The molecule has 0 fully saturated rings. The molecule has 1 aliphatic heterocycles. The van der Waals surface area contributed by atoms with Gasteiger partial charge in [-0.15, -0.1) is 0 Å². The van der Waals surface area contributed by atoms with Crippen LogP contribution < -0.4 is 10.2 Å². The number of hydrogen-bond acceptors (Lipinski definition) is 2. The van der Waals surface area contributed by atoms with Crippen molar-refractivity contribution in [3.8, 4) is 0 Å². The Bertz CT molecular complexity index is 740. The van der Waals surface area contributed by atoms with Crippen LogP contribution in [-0.4, -0.2) is 25.5 Å². The minimum Gasteiger partial charge on any atom is -0.369 e. The van der Waals surface area contributed by atoms with Gasteiger partial charge in [0.2, 0.25) is 5.91 Å². The number of rotatable bonds is 5. The first kappa shape index (κ1) is 15.3. The number of fused-ring (bicyclic) bond motifs is 2. The molecule has 0 bridgehead atoms. The van der Waals surface area contributed by atoms with Crippen molar-refractivity contribution in [3.05, 3.63) is 65.2 Å². The molecule has 2 aromatic rings. The molecular weight excluding hydrogens is 296 g/mol. The fourth-order valence-electron chi connectivity index (χ4n) is 4.12. The monoisotopic (exact) mass is 320 g/mol. The van der Waals surface area contributed by atoms with Crippen LogP contribution in [0.3, 0.4) is 0 Å². The molecule has 1 unspecified atom stereocenters. The average Bonchev–Trinajstić information content (AvgIpc) is 3.20. The van der Waals surface area contributed by atoms with E-state index in [0.717, 1.165) is 38.9 Å². The van der Waals surface area contributed by atoms with Gasteiger partial charge >= 0.3 is 0 Å². The first-order valence-corrected chi connectivity index (χ1v) is 8.98. The standard InChI is InChI=1S/C21H24N2O/c24-21(15-18-10-9-16-5-1-3-7-19(16)18)22-12-14-23-13-11-17-6-2-4-8-20(17)23/h1-8,18H,9-15H2,(H,22,24). The molecule has 0 saturated heterocycles. The number of nitrogens with zero attached hydrogens (tertiary/aromatic N) is 1. The van der Waals surface area contributed by atoms with Crippen LogP contribution in [-0.2, 0) is 17.6 Å². The molecular formula is C21H24N2O. The number of aryl methyl sites for hydroxylation is 1. The molecule has 3 nitrogen and oxygen atoms in total. The highest BCUT2D eigenvalue weighted by Crippen LogP contribution is 2.35. The summed E-state index contributed by atoms with van der Waals surface area (Å²) in [5.41, 5.74) is 5.55. The van der Waals surface area contributed by atoms with Crippen molar-refractivity contribution >= 4 is 11.6 Å². The molecule has 1 aliphatic carbocycles. The Morgan fingerprint density at radius 3 is 2.75 bits per heavy atom. The number of hydrogen-bond donors (Lipinski definition) is 1. The molecule has 2 aliphatic rings. The summed E-state index contributed by atoms with van der Waals surface area (Å²) in [6, 6.07) is 17.1. The third-order valence-corrected chi connectivity index (χ3v) is 5.38. The Morgan fingerprint density at radius 1 is 1.04 bits per heavy atom. The van der Waals surface area contributed by atoms with E-state index in [-0.39, 0.29) is 5.91 Å². The largest absolute Gasteiger partial charge is 0.369 e. The first-order valence-electron chi connectivity index (χ1n) is 8.98. The highest BCUT2D eigenvalue weighted by molar-refractivity contribution is 5.77. The minimum absolute atomic E-state index is 0.184. The summed E-state index contributed by atoms with van der Waals surface area (Å²) in [5, 5.41) is 3.12. The Balaban J connectivity index is 1.26. The van der Waals surface area contributed by atoms with E-state index in [0.29, 0.717) is 12.3 Å². The van der Waals surface area contributed by atoms with Crippen LogP contribution in [0, 0.1) is 0 Å². The zero-order chi connectivity index (χ0) is 16.4. The molecule has 0 spiro atoms. The fourth-order valence-corrected chi connectivity index (χ4v) is 4.12. The fraction of sp³-hybridized carbons (Fsp3) is 0.381. The van der Waals surface area contributed by atoms with Gasteiger partial charge < -0.3 is 10.2 Å². The van der Waals surface area contributed by atoms with Gasteiger partial charge in [0, 0.05) is 31.7 Å². The van der Waals surface area contributed by atoms with Gasteiger partial charge in [-0.1, -0.05) is 42.5 Å². The lowest BCUT2D eigenvalue weighted by Gasteiger charge is -2.20. The molecule has 1 heterocycles. The smallest absolute Gasteiger partial charge is 0.220 e. The third-order valence-electron chi connectivity index (χ3n) is 5.38. The topological polar surface area (TPSA) is 32.3 Å². The summed E-state index contributed by atoms with van der Waals surface area (Å²) >= 11 is 0.